The number of halogens is 2. The second-order valence-corrected chi connectivity index (χ2v) is 4.30. The minimum Gasteiger partial charge on any atom is -0.497 e. The Labute approximate surface area is 82.8 Å². The standard InChI is InChI=1S/C7H7Br2NO/c1-11-7-4-2-6(3-5-7)10(8)9/h2-5H,1H3. The van der Waals surface area contributed by atoms with Gasteiger partial charge in [-0.15, -0.1) is 0 Å². The largest absolute Gasteiger partial charge is 0.497 e. The van der Waals surface area contributed by atoms with Crippen LogP contribution in [0.4, 0.5) is 5.69 Å². The van der Waals surface area contributed by atoms with Crippen molar-refractivity contribution in [1.29, 1.82) is 0 Å². The van der Waals surface area contributed by atoms with E-state index in [-0.39, 0.29) is 0 Å². The highest BCUT2D eigenvalue weighted by molar-refractivity contribution is 9.25. The van der Waals surface area contributed by atoms with Crippen molar-refractivity contribution in [2.24, 2.45) is 0 Å². The van der Waals surface area contributed by atoms with Gasteiger partial charge in [-0.3, -0.25) is 0 Å². The Bertz CT molecular complexity index is 222. The molecule has 0 atom stereocenters. The molecular weight excluding hydrogens is 274 g/mol. The predicted octanol–water partition coefficient (Wildman–Crippen LogP) is 3.12. The Kier molecular flexibility index (Phi) is 3.20. The minimum absolute atomic E-state index is 0.857. The van der Waals surface area contributed by atoms with Crippen LogP contribution in [0.2, 0.25) is 0 Å². The van der Waals surface area contributed by atoms with Gasteiger partial charge in [-0.25, -0.2) is 2.95 Å². The molecule has 0 aromatic heterocycles. The van der Waals surface area contributed by atoms with Gasteiger partial charge in [0.25, 0.3) is 0 Å². The minimum atomic E-state index is 0.857. The molecule has 1 aromatic rings. The van der Waals surface area contributed by atoms with E-state index in [4.69, 9.17) is 4.74 Å². The molecule has 0 aliphatic rings. The summed E-state index contributed by atoms with van der Waals surface area (Å²) in [5.41, 5.74) is 1.02. The first kappa shape index (κ1) is 8.87. The molecule has 0 aliphatic carbocycles. The second-order valence-electron chi connectivity index (χ2n) is 1.93. The number of anilines is 1. The fourth-order valence-electron chi connectivity index (χ4n) is 0.695. The van der Waals surface area contributed by atoms with Gasteiger partial charge in [0.05, 0.1) is 45.1 Å². The Balaban J connectivity index is 2.83. The average Bonchev–Trinajstić information content (AvgIpc) is 2.05. The van der Waals surface area contributed by atoms with Gasteiger partial charge in [0, 0.05) is 0 Å². The molecule has 0 spiro atoms. The van der Waals surface area contributed by atoms with E-state index in [1.54, 1.807) is 10.1 Å². The highest BCUT2D eigenvalue weighted by atomic mass is 79.9. The van der Waals surface area contributed by atoms with Crippen molar-refractivity contribution < 1.29 is 4.74 Å². The first-order chi connectivity index (χ1) is 5.24. The summed E-state index contributed by atoms with van der Waals surface area (Å²) in [5.74, 6) is 0.857. The summed E-state index contributed by atoms with van der Waals surface area (Å²) in [6.07, 6.45) is 0. The third-order valence-electron chi connectivity index (χ3n) is 1.27. The molecule has 0 fully saturated rings. The van der Waals surface area contributed by atoms with Crippen LogP contribution in [-0.2, 0) is 0 Å². The quantitative estimate of drug-likeness (QED) is 0.772. The molecule has 0 unspecified atom stereocenters. The molecule has 0 amide bonds. The monoisotopic (exact) mass is 279 g/mol. The molecule has 0 heterocycles. The Morgan fingerprint density at radius 2 is 1.73 bits per heavy atom. The molecule has 0 saturated carbocycles. The Hall–Kier alpha value is -0.220. The van der Waals surface area contributed by atoms with Crippen molar-refractivity contribution in [1.82, 2.24) is 0 Å². The third-order valence-corrected chi connectivity index (χ3v) is 2.09. The van der Waals surface area contributed by atoms with E-state index in [9.17, 15) is 0 Å². The van der Waals surface area contributed by atoms with Gasteiger partial charge in [-0.2, -0.15) is 0 Å². The van der Waals surface area contributed by atoms with Crippen LogP contribution in [0.3, 0.4) is 0 Å². The molecule has 0 radical (unpaired) electrons. The Morgan fingerprint density at radius 3 is 2.09 bits per heavy atom. The maximum atomic E-state index is 5.00. The molecule has 1 aromatic carbocycles. The van der Waals surface area contributed by atoms with Crippen molar-refractivity contribution >= 4 is 38.0 Å². The lowest BCUT2D eigenvalue weighted by atomic mass is 10.3. The fraction of sp³-hybridized carbons (Fsp3) is 0.143. The van der Waals surface area contributed by atoms with Crippen LogP contribution in [0.25, 0.3) is 0 Å². The number of rotatable bonds is 2. The normalized spacial score (nSPS) is 9.36. The van der Waals surface area contributed by atoms with Crippen molar-refractivity contribution in [3.8, 4) is 5.75 Å². The molecule has 60 valence electrons. The Morgan fingerprint density at radius 1 is 1.18 bits per heavy atom. The van der Waals surface area contributed by atoms with E-state index in [0.29, 0.717) is 0 Å². The van der Waals surface area contributed by atoms with Gasteiger partial charge < -0.3 is 4.74 Å². The van der Waals surface area contributed by atoms with Crippen LogP contribution < -0.4 is 7.69 Å². The van der Waals surface area contributed by atoms with Crippen LogP contribution in [0.15, 0.2) is 24.3 Å². The van der Waals surface area contributed by atoms with Crippen molar-refractivity contribution in [3.05, 3.63) is 24.3 Å². The topological polar surface area (TPSA) is 12.5 Å². The van der Waals surface area contributed by atoms with E-state index in [1.807, 2.05) is 24.3 Å². The molecule has 4 heteroatoms. The SMILES string of the molecule is COc1ccc(N(Br)Br)cc1. The van der Waals surface area contributed by atoms with Gasteiger partial charge in [0.15, 0.2) is 0 Å². The molecular formula is C7H7Br2NO. The predicted molar refractivity (Wildman–Crippen MR) is 53.3 cm³/mol. The molecule has 0 aliphatic heterocycles. The zero-order valence-corrected chi connectivity index (χ0v) is 9.09. The highest BCUT2D eigenvalue weighted by Crippen LogP contribution is 2.23. The lowest BCUT2D eigenvalue weighted by molar-refractivity contribution is 0.415. The van der Waals surface area contributed by atoms with Gasteiger partial charge in [-0.1, -0.05) is 0 Å². The number of hydrogen-bond acceptors (Lipinski definition) is 2. The van der Waals surface area contributed by atoms with Crippen LogP contribution in [-0.4, -0.2) is 7.11 Å². The third kappa shape index (κ3) is 2.38. The number of methoxy groups -OCH3 is 1. The zero-order valence-electron chi connectivity index (χ0n) is 5.92. The van der Waals surface area contributed by atoms with Crippen molar-refractivity contribution in [2.75, 3.05) is 10.1 Å². The van der Waals surface area contributed by atoms with E-state index in [0.717, 1.165) is 11.4 Å². The van der Waals surface area contributed by atoms with Gasteiger partial charge >= 0.3 is 0 Å². The van der Waals surface area contributed by atoms with Crippen LogP contribution in [0.1, 0.15) is 0 Å². The van der Waals surface area contributed by atoms with E-state index in [2.05, 4.69) is 32.3 Å². The van der Waals surface area contributed by atoms with Crippen molar-refractivity contribution in [3.63, 3.8) is 0 Å². The van der Waals surface area contributed by atoms with Crippen LogP contribution in [0, 0.1) is 0 Å². The summed E-state index contributed by atoms with van der Waals surface area (Å²) in [7, 11) is 1.65. The number of benzene rings is 1. The van der Waals surface area contributed by atoms with E-state index < -0.39 is 0 Å². The highest BCUT2D eigenvalue weighted by Gasteiger charge is 1.96. The summed E-state index contributed by atoms with van der Waals surface area (Å²) in [5, 5.41) is 0. The summed E-state index contributed by atoms with van der Waals surface area (Å²) in [4.78, 5) is 0. The molecule has 2 nitrogen and oxygen atoms in total. The first-order valence-electron chi connectivity index (χ1n) is 3.00. The summed E-state index contributed by atoms with van der Waals surface area (Å²) >= 11 is 6.48. The molecule has 0 bridgehead atoms. The second kappa shape index (κ2) is 3.97. The van der Waals surface area contributed by atoms with Gasteiger partial charge in [0.1, 0.15) is 5.75 Å². The molecule has 1 rings (SSSR count). The van der Waals surface area contributed by atoms with Crippen LogP contribution in [0.5, 0.6) is 5.75 Å². The molecule has 0 N–H and O–H groups in total. The van der Waals surface area contributed by atoms with E-state index in [1.165, 1.54) is 0 Å². The number of hydrogen-bond donors (Lipinski definition) is 0. The fourth-order valence-corrected chi connectivity index (χ4v) is 1.17. The van der Waals surface area contributed by atoms with Gasteiger partial charge in [-0.05, 0) is 24.3 Å². The average molecular weight is 281 g/mol. The number of nitrogens with zero attached hydrogens (tertiary/aromatic N) is 1. The zero-order chi connectivity index (χ0) is 8.27. The van der Waals surface area contributed by atoms with Crippen LogP contribution >= 0.6 is 32.3 Å². The lowest BCUT2D eigenvalue weighted by Crippen LogP contribution is -1.89. The van der Waals surface area contributed by atoms with E-state index >= 15 is 0 Å². The molecule has 0 saturated heterocycles. The van der Waals surface area contributed by atoms with Gasteiger partial charge in [0.2, 0.25) is 0 Å². The lowest BCUT2D eigenvalue weighted by Gasteiger charge is -2.06. The first-order valence-corrected chi connectivity index (χ1v) is 4.41. The summed E-state index contributed by atoms with van der Waals surface area (Å²) < 4.78 is 6.68. The maximum absolute atomic E-state index is 5.00. The summed E-state index contributed by atoms with van der Waals surface area (Å²) in [6, 6.07) is 7.65. The van der Waals surface area contributed by atoms with Crippen molar-refractivity contribution in [2.45, 2.75) is 0 Å². The molecule has 11 heavy (non-hydrogen) atoms. The number of ether oxygens (including phenoxy) is 1. The smallest absolute Gasteiger partial charge is 0.119 e. The maximum Gasteiger partial charge on any atom is 0.119 e. The summed E-state index contributed by atoms with van der Waals surface area (Å²) in [6.45, 7) is 0.